The summed E-state index contributed by atoms with van der Waals surface area (Å²) in [5, 5.41) is 12.1. The van der Waals surface area contributed by atoms with E-state index in [0.717, 1.165) is 5.56 Å². The van der Waals surface area contributed by atoms with Crippen LogP contribution in [-0.2, 0) is 9.53 Å². The molecule has 0 saturated carbocycles. The predicted octanol–water partition coefficient (Wildman–Crippen LogP) is 4.68. The van der Waals surface area contributed by atoms with Gasteiger partial charge in [-0.05, 0) is 43.3 Å². The molecule has 1 heterocycles. The Labute approximate surface area is 179 Å². The zero-order chi connectivity index (χ0) is 22.2. The lowest BCUT2D eigenvalue weighted by molar-refractivity contribution is -0.112. The molecule has 7 nitrogen and oxygen atoms in total. The highest BCUT2D eigenvalue weighted by Gasteiger charge is 2.13. The van der Waals surface area contributed by atoms with Crippen LogP contribution < -0.4 is 10.1 Å². The summed E-state index contributed by atoms with van der Waals surface area (Å²) in [6.07, 6.45) is 1.37. The van der Waals surface area contributed by atoms with Crippen LogP contribution in [0.1, 0.15) is 23.0 Å². The van der Waals surface area contributed by atoms with Gasteiger partial charge in [0.1, 0.15) is 28.9 Å². The lowest BCUT2D eigenvalue weighted by Gasteiger charge is -2.06. The van der Waals surface area contributed by atoms with Gasteiger partial charge in [0.05, 0.1) is 19.3 Å². The Balaban J connectivity index is 1.75. The molecule has 156 valence electrons. The highest BCUT2D eigenvalue weighted by molar-refractivity contribution is 6.09. The van der Waals surface area contributed by atoms with Crippen LogP contribution in [0.2, 0.25) is 0 Å². The Morgan fingerprint density at radius 3 is 2.58 bits per heavy atom. The van der Waals surface area contributed by atoms with Crippen molar-refractivity contribution in [3.63, 3.8) is 0 Å². The third-order valence-electron chi connectivity index (χ3n) is 4.29. The number of anilines is 1. The van der Waals surface area contributed by atoms with Gasteiger partial charge in [0.25, 0.3) is 5.91 Å². The maximum Gasteiger partial charge on any atom is 0.338 e. The molecule has 0 atom stereocenters. The van der Waals surface area contributed by atoms with Crippen molar-refractivity contribution >= 4 is 23.6 Å². The largest absolute Gasteiger partial charge is 0.497 e. The highest BCUT2D eigenvalue weighted by atomic mass is 16.5. The molecule has 7 heteroatoms. The first-order valence-corrected chi connectivity index (χ1v) is 9.48. The van der Waals surface area contributed by atoms with Crippen molar-refractivity contribution in [2.45, 2.75) is 6.92 Å². The van der Waals surface area contributed by atoms with Crippen molar-refractivity contribution in [3.8, 4) is 23.1 Å². The minimum Gasteiger partial charge on any atom is -0.497 e. The van der Waals surface area contributed by atoms with Crippen LogP contribution in [0.15, 0.2) is 70.7 Å². The van der Waals surface area contributed by atoms with Gasteiger partial charge in [-0.15, -0.1) is 0 Å². The van der Waals surface area contributed by atoms with E-state index in [2.05, 4.69) is 5.32 Å². The first kappa shape index (κ1) is 21.4. The summed E-state index contributed by atoms with van der Waals surface area (Å²) in [5.41, 5.74) is 1.58. The van der Waals surface area contributed by atoms with Gasteiger partial charge in [-0.2, -0.15) is 5.26 Å². The summed E-state index contributed by atoms with van der Waals surface area (Å²) in [6.45, 7) is 2.05. The van der Waals surface area contributed by atoms with E-state index in [4.69, 9.17) is 13.9 Å². The van der Waals surface area contributed by atoms with Crippen molar-refractivity contribution < 1.29 is 23.5 Å². The van der Waals surface area contributed by atoms with Crippen molar-refractivity contribution in [1.82, 2.24) is 0 Å². The molecule has 1 N–H and O–H groups in total. The van der Waals surface area contributed by atoms with Crippen LogP contribution in [0.25, 0.3) is 17.4 Å². The molecule has 1 aromatic heterocycles. The number of furan rings is 1. The molecule has 3 aromatic rings. The van der Waals surface area contributed by atoms with Crippen LogP contribution in [-0.4, -0.2) is 25.6 Å². The first-order valence-electron chi connectivity index (χ1n) is 9.48. The fourth-order valence-electron chi connectivity index (χ4n) is 2.76. The predicted molar refractivity (Wildman–Crippen MR) is 115 cm³/mol. The average Bonchev–Trinajstić information content (AvgIpc) is 3.26. The molecule has 0 spiro atoms. The number of carbonyl (C=O) groups excluding carboxylic acids is 2. The Hall–Kier alpha value is -4.31. The topological polar surface area (TPSA) is 102 Å². The van der Waals surface area contributed by atoms with Gasteiger partial charge in [-0.1, -0.05) is 18.2 Å². The van der Waals surface area contributed by atoms with Crippen LogP contribution >= 0.6 is 0 Å². The van der Waals surface area contributed by atoms with Crippen LogP contribution in [0, 0.1) is 11.3 Å². The normalized spacial score (nSPS) is 10.8. The van der Waals surface area contributed by atoms with E-state index in [1.807, 2.05) is 6.07 Å². The van der Waals surface area contributed by atoms with Gasteiger partial charge < -0.3 is 19.2 Å². The van der Waals surface area contributed by atoms with E-state index in [1.165, 1.54) is 13.2 Å². The number of nitriles is 1. The molecule has 0 unspecified atom stereocenters. The van der Waals surface area contributed by atoms with Gasteiger partial charge in [-0.3, -0.25) is 4.79 Å². The number of hydrogen-bond acceptors (Lipinski definition) is 6. The zero-order valence-electron chi connectivity index (χ0n) is 17.0. The summed E-state index contributed by atoms with van der Waals surface area (Å²) in [5.74, 6) is 0.518. The van der Waals surface area contributed by atoms with E-state index in [0.29, 0.717) is 35.1 Å². The fraction of sp³-hybridized carbons (Fsp3) is 0.125. The molecule has 0 saturated heterocycles. The van der Waals surface area contributed by atoms with Gasteiger partial charge in [0, 0.05) is 23.4 Å². The van der Waals surface area contributed by atoms with Gasteiger partial charge in [0.15, 0.2) is 0 Å². The zero-order valence-corrected chi connectivity index (χ0v) is 17.0. The Kier molecular flexibility index (Phi) is 6.86. The third kappa shape index (κ3) is 5.40. The number of rotatable bonds is 7. The summed E-state index contributed by atoms with van der Waals surface area (Å²) >= 11 is 0. The maximum atomic E-state index is 12.5. The number of ether oxygens (including phenoxy) is 2. The second-order valence-electron chi connectivity index (χ2n) is 6.36. The molecule has 31 heavy (non-hydrogen) atoms. The SMILES string of the molecule is CCOC(=O)c1ccc(-c2ccc(C=C(C#N)C(=O)Nc3cccc(OC)c3)o2)cc1. The van der Waals surface area contributed by atoms with Crippen LogP contribution in [0.5, 0.6) is 5.75 Å². The van der Waals surface area contributed by atoms with Crippen molar-refractivity contribution in [2.75, 3.05) is 19.0 Å². The summed E-state index contributed by atoms with van der Waals surface area (Å²) in [4.78, 5) is 24.2. The standard InChI is InChI=1S/C24H20N2O5/c1-3-30-24(28)17-9-7-16(8-10-17)22-12-11-21(31-22)13-18(15-25)23(27)26-19-5-4-6-20(14-19)29-2/h4-14H,3H2,1-2H3,(H,26,27). The summed E-state index contributed by atoms with van der Waals surface area (Å²) in [6, 6.07) is 18.9. The van der Waals surface area contributed by atoms with E-state index in [-0.39, 0.29) is 5.57 Å². The number of nitrogens with zero attached hydrogens (tertiary/aromatic N) is 1. The molecular weight excluding hydrogens is 396 g/mol. The molecule has 0 aliphatic heterocycles. The maximum absolute atomic E-state index is 12.5. The molecule has 0 bridgehead atoms. The number of benzene rings is 2. The molecule has 1 amide bonds. The molecule has 2 aromatic carbocycles. The van der Waals surface area contributed by atoms with E-state index >= 15 is 0 Å². The van der Waals surface area contributed by atoms with E-state index in [9.17, 15) is 14.9 Å². The Bertz CT molecular complexity index is 1150. The number of carbonyl (C=O) groups is 2. The first-order chi connectivity index (χ1) is 15.0. The molecule has 3 rings (SSSR count). The van der Waals surface area contributed by atoms with Gasteiger partial charge >= 0.3 is 5.97 Å². The molecule has 0 radical (unpaired) electrons. The number of amides is 1. The lowest BCUT2D eigenvalue weighted by Crippen LogP contribution is -2.13. The lowest BCUT2D eigenvalue weighted by atomic mass is 10.1. The second kappa shape index (κ2) is 9.94. The van der Waals surface area contributed by atoms with Crippen molar-refractivity contribution in [3.05, 3.63) is 77.6 Å². The molecule has 0 aliphatic carbocycles. The monoisotopic (exact) mass is 416 g/mol. The summed E-state index contributed by atoms with van der Waals surface area (Å²) < 4.78 is 15.8. The number of esters is 1. The van der Waals surface area contributed by atoms with Gasteiger partial charge in [0.2, 0.25) is 0 Å². The number of nitrogens with one attached hydrogen (secondary N) is 1. The van der Waals surface area contributed by atoms with Crippen molar-refractivity contribution in [1.29, 1.82) is 5.26 Å². The minimum atomic E-state index is -0.563. The molecular formula is C24H20N2O5. The van der Waals surface area contributed by atoms with Crippen LogP contribution in [0.3, 0.4) is 0 Å². The smallest absolute Gasteiger partial charge is 0.338 e. The number of hydrogen-bond donors (Lipinski definition) is 1. The number of methoxy groups -OCH3 is 1. The van der Waals surface area contributed by atoms with Crippen LogP contribution in [0.4, 0.5) is 5.69 Å². The quantitative estimate of drug-likeness (QED) is 0.341. The second-order valence-corrected chi connectivity index (χ2v) is 6.36. The van der Waals surface area contributed by atoms with E-state index < -0.39 is 11.9 Å². The fourth-order valence-corrected chi connectivity index (χ4v) is 2.76. The van der Waals surface area contributed by atoms with Crippen molar-refractivity contribution in [2.24, 2.45) is 0 Å². The molecule has 0 fully saturated rings. The Morgan fingerprint density at radius 2 is 1.90 bits per heavy atom. The minimum absolute atomic E-state index is 0.110. The summed E-state index contributed by atoms with van der Waals surface area (Å²) in [7, 11) is 1.53. The van der Waals surface area contributed by atoms with E-state index in [1.54, 1.807) is 67.6 Å². The average molecular weight is 416 g/mol. The van der Waals surface area contributed by atoms with Gasteiger partial charge in [-0.25, -0.2) is 4.79 Å². The Morgan fingerprint density at radius 1 is 1.13 bits per heavy atom. The molecule has 0 aliphatic rings. The highest BCUT2D eigenvalue weighted by Crippen LogP contribution is 2.24. The third-order valence-corrected chi connectivity index (χ3v) is 4.29.